The molecule has 21 heavy (non-hydrogen) atoms. The molecule has 2 atom stereocenters. The zero-order chi connectivity index (χ0) is 14.4. The molecule has 0 aliphatic carbocycles. The Morgan fingerprint density at radius 2 is 2.10 bits per heavy atom. The van der Waals surface area contributed by atoms with Crippen LogP contribution in [0.4, 0.5) is 0 Å². The third-order valence-corrected chi connectivity index (χ3v) is 4.42. The van der Waals surface area contributed by atoms with Crippen molar-refractivity contribution in [3.63, 3.8) is 0 Å². The lowest BCUT2D eigenvalue weighted by atomic mass is 9.89. The van der Waals surface area contributed by atoms with Gasteiger partial charge in [-0.15, -0.1) is 0 Å². The Labute approximate surface area is 121 Å². The van der Waals surface area contributed by atoms with Crippen LogP contribution in [0.1, 0.15) is 41.6 Å². The molecule has 0 aromatic carbocycles. The molecule has 0 N–H and O–H groups in total. The summed E-state index contributed by atoms with van der Waals surface area (Å²) < 4.78 is 7.28. The molecule has 2 aliphatic heterocycles. The van der Waals surface area contributed by atoms with Gasteiger partial charge in [0.15, 0.2) is 11.4 Å². The number of hydrogen-bond acceptors (Lipinski definition) is 5. The van der Waals surface area contributed by atoms with E-state index in [2.05, 4.69) is 10.1 Å². The van der Waals surface area contributed by atoms with Crippen molar-refractivity contribution in [3.8, 4) is 6.07 Å². The average molecular weight is 282 g/mol. The monoisotopic (exact) mass is 282 g/mol. The van der Waals surface area contributed by atoms with Crippen LogP contribution in [0.5, 0.6) is 0 Å². The molecule has 6 nitrogen and oxygen atoms in total. The van der Waals surface area contributed by atoms with Crippen molar-refractivity contribution in [3.05, 3.63) is 29.7 Å². The first kappa shape index (κ1) is 12.5. The summed E-state index contributed by atoms with van der Waals surface area (Å²) in [5.41, 5.74) is 1.46. The van der Waals surface area contributed by atoms with Crippen LogP contribution in [0.2, 0.25) is 0 Å². The molecule has 2 aliphatic rings. The fraction of sp³-hybridized carbons (Fsp3) is 0.467. The van der Waals surface area contributed by atoms with E-state index in [1.807, 2.05) is 6.07 Å². The Kier molecular flexibility index (Phi) is 2.76. The molecular weight excluding hydrogens is 268 g/mol. The summed E-state index contributed by atoms with van der Waals surface area (Å²) in [5.74, 6) is 0.125. The van der Waals surface area contributed by atoms with Crippen molar-refractivity contribution in [1.82, 2.24) is 14.6 Å². The van der Waals surface area contributed by atoms with E-state index in [9.17, 15) is 4.79 Å². The molecular formula is C15H14N4O2. The normalized spacial score (nSPS) is 27.7. The molecule has 0 amide bonds. The first-order valence-corrected chi connectivity index (χ1v) is 7.18. The molecule has 4 heterocycles. The standard InChI is InChI=1S/C15H14N4O2/c16-5-10-7-18-19-8-11(6-17-15(10)19)14(20)9-3-12-1-2-13(4-9)21-12/h6-9,12-13H,1-4H2. The molecule has 6 heteroatoms. The third kappa shape index (κ3) is 2.01. The van der Waals surface area contributed by atoms with Crippen LogP contribution in [0, 0.1) is 17.2 Å². The Morgan fingerprint density at radius 3 is 2.81 bits per heavy atom. The van der Waals surface area contributed by atoms with Gasteiger partial charge in [0, 0.05) is 18.3 Å². The van der Waals surface area contributed by atoms with E-state index in [-0.39, 0.29) is 23.9 Å². The quantitative estimate of drug-likeness (QED) is 0.784. The molecule has 0 saturated carbocycles. The fourth-order valence-corrected chi connectivity index (χ4v) is 3.39. The highest BCUT2D eigenvalue weighted by Crippen LogP contribution is 2.37. The molecule has 2 unspecified atom stereocenters. The Hall–Kier alpha value is -2.26. The van der Waals surface area contributed by atoms with Gasteiger partial charge in [-0.2, -0.15) is 10.4 Å². The van der Waals surface area contributed by atoms with E-state index in [1.54, 1.807) is 12.4 Å². The molecule has 2 aromatic rings. The highest BCUT2D eigenvalue weighted by atomic mass is 16.5. The average Bonchev–Trinajstić information content (AvgIpc) is 3.08. The van der Waals surface area contributed by atoms with Gasteiger partial charge in [0.05, 0.1) is 24.0 Å². The highest BCUT2D eigenvalue weighted by molar-refractivity contribution is 5.97. The number of ketones is 1. The van der Waals surface area contributed by atoms with Gasteiger partial charge < -0.3 is 4.74 Å². The molecule has 0 spiro atoms. The van der Waals surface area contributed by atoms with Crippen LogP contribution >= 0.6 is 0 Å². The van der Waals surface area contributed by atoms with Gasteiger partial charge in [0.1, 0.15) is 11.6 Å². The van der Waals surface area contributed by atoms with Gasteiger partial charge >= 0.3 is 0 Å². The number of Topliss-reactive ketones (excluding diaryl/α,β-unsaturated/α-hetero) is 1. The van der Waals surface area contributed by atoms with Crippen molar-refractivity contribution >= 4 is 11.4 Å². The van der Waals surface area contributed by atoms with Gasteiger partial charge in [0.2, 0.25) is 0 Å². The number of ether oxygens (including phenoxy) is 1. The predicted molar refractivity (Wildman–Crippen MR) is 72.7 cm³/mol. The smallest absolute Gasteiger partial charge is 0.172 e. The maximum Gasteiger partial charge on any atom is 0.172 e. The summed E-state index contributed by atoms with van der Waals surface area (Å²) in [6.45, 7) is 0. The number of carbonyl (C=O) groups is 1. The lowest BCUT2D eigenvalue weighted by molar-refractivity contribution is -0.0149. The summed E-state index contributed by atoms with van der Waals surface area (Å²) in [6.07, 6.45) is 8.90. The fourth-order valence-electron chi connectivity index (χ4n) is 3.39. The second-order valence-electron chi connectivity index (χ2n) is 5.77. The van der Waals surface area contributed by atoms with E-state index in [0.29, 0.717) is 16.8 Å². The van der Waals surface area contributed by atoms with Crippen molar-refractivity contribution in [2.24, 2.45) is 5.92 Å². The number of fused-ring (bicyclic) bond motifs is 3. The lowest BCUT2D eigenvalue weighted by Gasteiger charge is -2.27. The van der Waals surface area contributed by atoms with Crippen LogP contribution in [0.3, 0.4) is 0 Å². The van der Waals surface area contributed by atoms with Gasteiger partial charge in [-0.3, -0.25) is 4.79 Å². The number of hydrogen-bond donors (Lipinski definition) is 0. The molecule has 106 valence electrons. The third-order valence-electron chi connectivity index (χ3n) is 4.42. The topological polar surface area (TPSA) is 80.3 Å². The largest absolute Gasteiger partial charge is 0.375 e. The molecule has 4 rings (SSSR count). The van der Waals surface area contributed by atoms with Crippen LogP contribution in [-0.4, -0.2) is 32.6 Å². The first-order chi connectivity index (χ1) is 10.2. The second kappa shape index (κ2) is 4.64. The summed E-state index contributed by atoms with van der Waals surface area (Å²) in [5, 5.41) is 13.0. The van der Waals surface area contributed by atoms with Gasteiger partial charge in [-0.1, -0.05) is 0 Å². The van der Waals surface area contributed by atoms with E-state index in [0.717, 1.165) is 25.7 Å². The second-order valence-corrected chi connectivity index (χ2v) is 5.77. The molecule has 2 bridgehead atoms. The summed E-state index contributed by atoms with van der Waals surface area (Å²) in [7, 11) is 0. The molecule has 0 radical (unpaired) electrons. The number of aromatic nitrogens is 3. The predicted octanol–water partition coefficient (Wildman–Crippen LogP) is 1.74. The number of nitriles is 1. The lowest BCUT2D eigenvalue weighted by Crippen LogP contribution is -2.30. The van der Waals surface area contributed by atoms with Crippen LogP contribution in [-0.2, 0) is 4.74 Å². The highest BCUT2D eigenvalue weighted by Gasteiger charge is 2.38. The van der Waals surface area contributed by atoms with Gasteiger partial charge in [0.25, 0.3) is 0 Å². The maximum atomic E-state index is 12.6. The molecule has 2 fully saturated rings. The summed E-state index contributed by atoms with van der Waals surface area (Å²) >= 11 is 0. The van der Waals surface area contributed by atoms with Crippen molar-refractivity contribution in [2.75, 3.05) is 0 Å². The zero-order valence-electron chi connectivity index (χ0n) is 11.4. The van der Waals surface area contributed by atoms with Crippen LogP contribution < -0.4 is 0 Å². The van der Waals surface area contributed by atoms with Crippen molar-refractivity contribution in [1.29, 1.82) is 5.26 Å². The number of carbonyl (C=O) groups excluding carboxylic acids is 1. The van der Waals surface area contributed by atoms with E-state index < -0.39 is 0 Å². The van der Waals surface area contributed by atoms with Gasteiger partial charge in [-0.25, -0.2) is 9.50 Å². The van der Waals surface area contributed by atoms with E-state index >= 15 is 0 Å². The maximum absolute atomic E-state index is 12.6. The van der Waals surface area contributed by atoms with Crippen molar-refractivity contribution < 1.29 is 9.53 Å². The number of nitrogens with zero attached hydrogens (tertiary/aromatic N) is 4. The van der Waals surface area contributed by atoms with E-state index in [4.69, 9.17) is 10.00 Å². The minimum Gasteiger partial charge on any atom is -0.375 e. The molecule has 2 aromatic heterocycles. The Morgan fingerprint density at radius 1 is 1.33 bits per heavy atom. The minimum atomic E-state index is 0.0153. The van der Waals surface area contributed by atoms with Crippen LogP contribution in [0.25, 0.3) is 5.65 Å². The van der Waals surface area contributed by atoms with E-state index in [1.165, 1.54) is 10.7 Å². The Balaban J connectivity index is 1.64. The van der Waals surface area contributed by atoms with Crippen LogP contribution in [0.15, 0.2) is 18.6 Å². The van der Waals surface area contributed by atoms with Gasteiger partial charge in [-0.05, 0) is 25.7 Å². The first-order valence-electron chi connectivity index (χ1n) is 7.18. The Bertz CT molecular complexity index is 749. The minimum absolute atomic E-state index is 0.0153. The zero-order valence-corrected chi connectivity index (χ0v) is 11.4. The summed E-state index contributed by atoms with van der Waals surface area (Å²) in [6, 6.07) is 2.03. The number of rotatable bonds is 2. The summed E-state index contributed by atoms with van der Waals surface area (Å²) in [4.78, 5) is 16.8. The van der Waals surface area contributed by atoms with Crippen molar-refractivity contribution in [2.45, 2.75) is 37.9 Å². The SMILES string of the molecule is N#Cc1cnn2cc(C(=O)C3CC4CCC(C3)O4)cnc12. The molecule has 2 saturated heterocycles.